The quantitative estimate of drug-likeness (QED) is 0.284. The minimum Gasteiger partial charge on any atom is -0.392 e. The number of hydrogen-bond donors (Lipinski definition) is 5. The van der Waals surface area contributed by atoms with Crippen LogP contribution >= 0.6 is 0 Å². The highest BCUT2D eigenvalue weighted by Gasteiger charge is 2.90. The van der Waals surface area contributed by atoms with E-state index in [9.17, 15) is 20.4 Å². The molecule has 1 spiro atoms. The van der Waals surface area contributed by atoms with Gasteiger partial charge < -0.3 is 45.1 Å². The zero-order valence-corrected chi connectivity index (χ0v) is 21.3. The average molecular weight is 499 g/mol. The smallest absolute Gasteiger partial charge is 0.120 e. The molecule has 5 saturated carbocycles. The number of likely N-dealkylation sites (tertiary alicyclic amines) is 1. The van der Waals surface area contributed by atoms with E-state index in [0.29, 0.717) is 26.1 Å². The molecule has 5 aliphatic carbocycles. The van der Waals surface area contributed by atoms with Crippen LogP contribution in [0.4, 0.5) is 0 Å². The number of ether oxygens (including phenoxy) is 4. The Balaban J connectivity index is 1.68. The summed E-state index contributed by atoms with van der Waals surface area (Å²) >= 11 is 0. The van der Waals surface area contributed by atoms with E-state index in [-0.39, 0.29) is 36.3 Å². The second-order valence-corrected chi connectivity index (χ2v) is 12.2. The number of fused-ring (bicyclic) bond motifs is 2. The Hall–Kier alpha value is -0.400. The maximum Gasteiger partial charge on any atom is 0.120 e. The molecule has 6 aliphatic rings. The van der Waals surface area contributed by atoms with Crippen LogP contribution < -0.4 is 5.73 Å². The van der Waals surface area contributed by atoms with Crippen molar-refractivity contribution >= 4 is 0 Å². The summed E-state index contributed by atoms with van der Waals surface area (Å²) < 4.78 is 24.0. The lowest BCUT2D eigenvalue weighted by Crippen LogP contribution is -2.83. The van der Waals surface area contributed by atoms with Gasteiger partial charge in [-0.3, -0.25) is 4.90 Å². The molecule has 6 N–H and O–H groups in total. The number of aliphatic hydroxyl groups is 4. The molecule has 0 aromatic heterocycles. The Morgan fingerprint density at radius 3 is 2.29 bits per heavy atom. The van der Waals surface area contributed by atoms with Crippen molar-refractivity contribution < 1.29 is 39.4 Å². The van der Waals surface area contributed by atoms with Crippen molar-refractivity contribution in [1.82, 2.24) is 4.90 Å². The predicted octanol–water partition coefficient (Wildman–Crippen LogP) is -1.82. The topological polar surface area (TPSA) is 147 Å². The molecule has 10 nitrogen and oxygen atoms in total. The Labute approximate surface area is 206 Å². The first-order valence-electron chi connectivity index (χ1n) is 13.0. The van der Waals surface area contributed by atoms with E-state index in [2.05, 4.69) is 11.8 Å². The summed E-state index contributed by atoms with van der Waals surface area (Å²) in [5, 5.41) is 47.0. The van der Waals surface area contributed by atoms with Gasteiger partial charge in [-0.25, -0.2) is 0 Å². The van der Waals surface area contributed by atoms with Crippen LogP contribution in [0.15, 0.2) is 0 Å². The van der Waals surface area contributed by atoms with E-state index in [1.165, 1.54) is 7.11 Å². The van der Waals surface area contributed by atoms with Gasteiger partial charge in [-0.1, -0.05) is 6.92 Å². The number of hydrogen-bond acceptors (Lipinski definition) is 10. The Kier molecular flexibility index (Phi) is 5.40. The molecule has 200 valence electrons. The average Bonchev–Trinajstić information content (AvgIpc) is 3.19. The number of aliphatic hydroxyl groups excluding tert-OH is 3. The molecule has 7 bridgehead atoms. The van der Waals surface area contributed by atoms with E-state index < -0.39 is 58.4 Å². The summed E-state index contributed by atoms with van der Waals surface area (Å²) in [6.45, 7) is 3.77. The second kappa shape index (κ2) is 7.59. The largest absolute Gasteiger partial charge is 0.392 e. The molecule has 1 unspecified atom stereocenters. The molecule has 0 amide bonds. The normalized spacial score (nSPS) is 62.4. The van der Waals surface area contributed by atoms with E-state index in [0.717, 1.165) is 0 Å². The van der Waals surface area contributed by atoms with E-state index >= 15 is 0 Å². The Bertz CT molecular complexity index is 880. The third kappa shape index (κ3) is 2.35. The number of piperidine rings is 1. The van der Waals surface area contributed by atoms with Crippen molar-refractivity contribution in [3.63, 3.8) is 0 Å². The highest BCUT2D eigenvalue weighted by Crippen LogP contribution is 2.79. The number of rotatable bonds is 6. The van der Waals surface area contributed by atoms with Gasteiger partial charge in [0.05, 0.1) is 36.6 Å². The summed E-state index contributed by atoms with van der Waals surface area (Å²) in [7, 11) is 6.46. The molecule has 10 heteroatoms. The lowest BCUT2D eigenvalue weighted by molar-refractivity contribution is -0.288. The van der Waals surface area contributed by atoms with Crippen LogP contribution in [0.2, 0.25) is 0 Å². The standard InChI is InChI=1S/C25H42N2O8/c1-6-27-9-22(10-32-2)12(28)7-13(33-3)24-11-8-23(31)19(29)14(11)25(26,20(30)21(23)35-5)15(18(24)27)16(34-4)17(22)24/h11-21,28-31H,6-10,26H2,1-5H3/t11-,12?,13+,14-,15+,16+,17-,18-,19-,20+,21+,22+,23+,24+,25-/m1/s1. The Morgan fingerprint density at radius 1 is 1.00 bits per heavy atom. The van der Waals surface area contributed by atoms with Crippen LogP contribution in [0.3, 0.4) is 0 Å². The first-order valence-corrected chi connectivity index (χ1v) is 13.0. The van der Waals surface area contributed by atoms with E-state index in [4.69, 9.17) is 24.7 Å². The molecule has 6 fully saturated rings. The third-order valence-corrected chi connectivity index (χ3v) is 11.8. The monoisotopic (exact) mass is 498 g/mol. The lowest BCUT2D eigenvalue weighted by Gasteiger charge is -2.70. The number of methoxy groups -OCH3 is 4. The fourth-order valence-corrected chi connectivity index (χ4v) is 11.1. The van der Waals surface area contributed by atoms with Crippen LogP contribution in [0.5, 0.6) is 0 Å². The summed E-state index contributed by atoms with van der Waals surface area (Å²) in [4.78, 5) is 2.37. The van der Waals surface area contributed by atoms with Crippen LogP contribution in [0.1, 0.15) is 19.8 Å². The SMILES string of the molecule is CCN1C[C@]2(COC)C(O)C[C@H](OC)[C@@]34[C@@H]5C[C@]6(O)[C@H](O)[C@@H]5[C@@](N)([C@@H]([C@H](OC)[C@H]23)[C@@H]14)[C@@H](O)[C@@H]6OC. The maximum atomic E-state index is 11.8. The third-order valence-electron chi connectivity index (χ3n) is 11.8. The fourth-order valence-electron chi connectivity index (χ4n) is 11.1. The molecule has 1 heterocycles. The molecule has 0 aromatic rings. The summed E-state index contributed by atoms with van der Waals surface area (Å²) in [6, 6.07) is -0.115. The molecular weight excluding hydrogens is 456 g/mol. The highest BCUT2D eigenvalue weighted by molar-refractivity contribution is 5.40. The number of nitrogens with two attached hydrogens (primary N) is 1. The first-order chi connectivity index (χ1) is 16.6. The van der Waals surface area contributed by atoms with Gasteiger partial charge in [0.25, 0.3) is 0 Å². The summed E-state index contributed by atoms with van der Waals surface area (Å²) in [5.41, 5.74) is 3.24. The van der Waals surface area contributed by atoms with Crippen molar-refractivity contribution in [1.29, 1.82) is 0 Å². The van der Waals surface area contributed by atoms with Gasteiger partial charge in [-0.15, -0.1) is 0 Å². The summed E-state index contributed by atoms with van der Waals surface area (Å²) in [6.07, 6.45) is -4.13. The maximum absolute atomic E-state index is 11.8. The van der Waals surface area contributed by atoms with Crippen molar-refractivity contribution in [3.8, 4) is 0 Å². The molecule has 1 saturated heterocycles. The fraction of sp³-hybridized carbons (Fsp3) is 1.00. The van der Waals surface area contributed by atoms with Crippen LogP contribution in [0.25, 0.3) is 0 Å². The van der Waals surface area contributed by atoms with Crippen LogP contribution in [0, 0.1) is 34.5 Å². The molecule has 1 aliphatic heterocycles. The van der Waals surface area contributed by atoms with Gasteiger partial charge in [-0.2, -0.15) is 0 Å². The van der Waals surface area contributed by atoms with Gasteiger partial charge in [0.15, 0.2) is 0 Å². The van der Waals surface area contributed by atoms with Gasteiger partial charge in [0, 0.05) is 76.0 Å². The van der Waals surface area contributed by atoms with Crippen molar-refractivity contribution in [2.45, 2.75) is 73.6 Å². The van der Waals surface area contributed by atoms with Gasteiger partial charge in [0.2, 0.25) is 0 Å². The van der Waals surface area contributed by atoms with Crippen molar-refractivity contribution in [3.05, 3.63) is 0 Å². The molecule has 35 heavy (non-hydrogen) atoms. The van der Waals surface area contributed by atoms with Crippen LogP contribution in [-0.4, -0.2) is 127 Å². The molecule has 0 radical (unpaired) electrons. The summed E-state index contributed by atoms with van der Waals surface area (Å²) in [5.74, 6) is -1.39. The molecule has 0 aromatic carbocycles. The highest BCUT2D eigenvalue weighted by atomic mass is 16.5. The second-order valence-electron chi connectivity index (χ2n) is 12.2. The lowest BCUT2D eigenvalue weighted by atomic mass is 9.42. The first kappa shape index (κ1) is 24.9. The number of nitrogens with zero attached hydrogens (tertiary/aromatic N) is 1. The Morgan fingerprint density at radius 2 is 1.71 bits per heavy atom. The van der Waals surface area contributed by atoms with Crippen molar-refractivity contribution in [2.75, 3.05) is 48.1 Å². The molecule has 15 atom stereocenters. The molecular formula is C25H42N2O8. The van der Waals surface area contributed by atoms with Crippen LogP contribution in [-0.2, 0) is 18.9 Å². The van der Waals surface area contributed by atoms with E-state index in [1.54, 1.807) is 21.3 Å². The molecule has 6 rings (SSSR count). The zero-order valence-electron chi connectivity index (χ0n) is 21.3. The van der Waals surface area contributed by atoms with Gasteiger partial charge >= 0.3 is 0 Å². The zero-order chi connectivity index (χ0) is 25.3. The van der Waals surface area contributed by atoms with Gasteiger partial charge in [-0.05, 0) is 18.9 Å². The van der Waals surface area contributed by atoms with E-state index in [1.807, 2.05) is 0 Å². The minimum absolute atomic E-state index is 0.115. The van der Waals surface area contributed by atoms with Gasteiger partial charge in [0.1, 0.15) is 17.8 Å². The minimum atomic E-state index is -1.63. The van der Waals surface area contributed by atoms with Crippen molar-refractivity contribution in [2.24, 2.45) is 40.2 Å². The predicted molar refractivity (Wildman–Crippen MR) is 123 cm³/mol.